The van der Waals surface area contributed by atoms with Crippen molar-refractivity contribution in [3.63, 3.8) is 0 Å². The summed E-state index contributed by atoms with van der Waals surface area (Å²) in [5.41, 5.74) is 3.81. The summed E-state index contributed by atoms with van der Waals surface area (Å²) >= 11 is 0. The molecular formula is C13H16O2. The van der Waals surface area contributed by atoms with Gasteiger partial charge in [0.05, 0.1) is 13.0 Å². The van der Waals surface area contributed by atoms with Crippen LogP contribution in [0.4, 0.5) is 0 Å². The van der Waals surface area contributed by atoms with E-state index in [0.29, 0.717) is 5.92 Å². The molecule has 1 aliphatic rings. The number of ether oxygens (including phenoxy) is 1. The van der Waals surface area contributed by atoms with E-state index in [4.69, 9.17) is 4.74 Å². The fourth-order valence-corrected chi connectivity index (χ4v) is 2.20. The first-order valence-electron chi connectivity index (χ1n) is 5.28. The summed E-state index contributed by atoms with van der Waals surface area (Å²) in [4.78, 5) is 11.3. The lowest BCUT2D eigenvalue weighted by Gasteiger charge is -2.03. The Morgan fingerprint density at radius 1 is 1.27 bits per heavy atom. The largest absolute Gasteiger partial charge is 0.469 e. The number of benzene rings is 1. The molecule has 2 atom stereocenters. The predicted molar refractivity (Wildman–Crippen MR) is 58.8 cm³/mol. The molecule has 15 heavy (non-hydrogen) atoms. The zero-order chi connectivity index (χ0) is 11.0. The Morgan fingerprint density at radius 3 is 2.40 bits per heavy atom. The highest BCUT2D eigenvalue weighted by atomic mass is 16.5. The summed E-state index contributed by atoms with van der Waals surface area (Å²) in [5.74, 6) is 0.409. The van der Waals surface area contributed by atoms with E-state index >= 15 is 0 Å². The minimum atomic E-state index is -0.0702. The first-order chi connectivity index (χ1) is 7.11. The van der Waals surface area contributed by atoms with Crippen LogP contribution in [0.5, 0.6) is 0 Å². The molecule has 2 nitrogen and oxygen atoms in total. The molecule has 0 N–H and O–H groups in total. The molecule has 0 amide bonds. The predicted octanol–water partition coefficient (Wildman–Crippen LogP) is 2.58. The molecule has 0 unspecified atom stereocenters. The van der Waals surface area contributed by atoms with E-state index in [-0.39, 0.29) is 11.9 Å². The molecule has 0 bridgehead atoms. The number of esters is 1. The lowest BCUT2D eigenvalue weighted by molar-refractivity contribution is -0.142. The highest BCUT2D eigenvalue weighted by Crippen LogP contribution is 2.48. The Morgan fingerprint density at radius 2 is 1.87 bits per heavy atom. The fourth-order valence-electron chi connectivity index (χ4n) is 2.20. The Bertz CT molecular complexity index is 375. The standard InChI is InChI=1S/C13H16O2/c1-8-4-9(2)6-10(5-8)11-7-12(11)13(14)15-3/h4-6,11-12H,7H2,1-3H3/t11-,12+/m1/s1. The maximum absolute atomic E-state index is 11.3. The monoisotopic (exact) mass is 204 g/mol. The number of hydrogen-bond donors (Lipinski definition) is 0. The first-order valence-corrected chi connectivity index (χ1v) is 5.28. The molecule has 0 saturated heterocycles. The molecule has 0 radical (unpaired) electrons. The van der Waals surface area contributed by atoms with Crippen LogP contribution >= 0.6 is 0 Å². The first kappa shape index (κ1) is 10.2. The third-order valence-corrected chi connectivity index (χ3v) is 2.97. The molecule has 1 aromatic carbocycles. The number of methoxy groups -OCH3 is 1. The molecular weight excluding hydrogens is 188 g/mol. The van der Waals surface area contributed by atoms with Gasteiger partial charge in [0.1, 0.15) is 0 Å². The topological polar surface area (TPSA) is 26.3 Å². The average molecular weight is 204 g/mol. The van der Waals surface area contributed by atoms with Crippen LogP contribution < -0.4 is 0 Å². The molecule has 0 spiro atoms. The molecule has 1 aromatic rings. The number of carbonyl (C=O) groups is 1. The molecule has 2 rings (SSSR count). The van der Waals surface area contributed by atoms with Crippen molar-refractivity contribution in [2.24, 2.45) is 5.92 Å². The second-order valence-corrected chi connectivity index (χ2v) is 4.39. The van der Waals surface area contributed by atoms with Gasteiger partial charge in [0.25, 0.3) is 0 Å². The van der Waals surface area contributed by atoms with E-state index in [0.717, 1.165) is 6.42 Å². The fraction of sp³-hybridized carbons (Fsp3) is 0.462. The Hall–Kier alpha value is -1.31. The summed E-state index contributed by atoms with van der Waals surface area (Å²) in [5, 5.41) is 0. The smallest absolute Gasteiger partial charge is 0.309 e. The van der Waals surface area contributed by atoms with Gasteiger partial charge < -0.3 is 4.74 Å². The summed E-state index contributed by atoms with van der Waals surface area (Å²) in [6.45, 7) is 4.18. The van der Waals surface area contributed by atoms with Gasteiger partial charge in [-0.05, 0) is 31.7 Å². The Labute approximate surface area is 90.3 Å². The maximum atomic E-state index is 11.3. The second-order valence-electron chi connectivity index (χ2n) is 4.39. The molecule has 80 valence electrons. The van der Waals surface area contributed by atoms with Gasteiger partial charge in [-0.1, -0.05) is 29.3 Å². The Kier molecular flexibility index (Phi) is 2.51. The minimum absolute atomic E-state index is 0.0702. The van der Waals surface area contributed by atoms with Crippen LogP contribution in [-0.4, -0.2) is 13.1 Å². The number of aryl methyl sites for hydroxylation is 2. The highest BCUT2D eigenvalue weighted by molar-refractivity contribution is 5.77. The van der Waals surface area contributed by atoms with Crippen LogP contribution in [0.3, 0.4) is 0 Å². The van der Waals surface area contributed by atoms with Gasteiger partial charge in [0, 0.05) is 0 Å². The summed E-state index contributed by atoms with van der Waals surface area (Å²) in [6.07, 6.45) is 0.940. The van der Waals surface area contributed by atoms with Gasteiger partial charge in [-0.25, -0.2) is 0 Å². The van der Waals surface area contributed by atoms with Gasteiger partial charge in [-0.15, -0.1) is 0 Å². The van der Waals surface area contributed by atoms with Crippen LogP contribution in [0.1, 0.15) is 29.0 Å². The maximum Gasteiger partial charge on any atom is 0.309 e. The van der Waals surface area contributed by atoms with E-state index in [1.807, 2.05) is 0 Å². The number of carbonyl (C=O) groups excluding carboxylic acids is 1. The highest BCUT2D eigenvalue weighted by Gasteiger charge is 2.44. The van der Waals surface area contributed by atoms with Crippen LogP contribution in [-0.2, 0) is 9.53 Å². The van der Waals surface area contributed by atoms with Crippen LogP contribution in [0.15, 0.2) is 18.2 Å². The van der Waals surface area contributed by atoms with Crippen molar-refractivity contribution in [2.75, 3.05) is 7.11 Å². The molecule has 0 aliphatic heterocycles. The van der Waals surface area contributed by atoms with E-state index in [1.165, 1.54) is 23.8 Å². The quantitative estimate of drug-likeness (QED) is 0.692. The van der Waals surface area contributed by atoms with Gasteiger partial charge >= 0.3 is 5.97 Å². The van der Waals surface area contributed by atoms with Crippen molar-refractivity contribution in [2.45, 2.75) is 26.2 Å². The molecule has 2 heteroatoms. The minimum Gasteiger partial charge on any atom is -0.469 e. The van der Waals surface area contributed by atoms with Crippen molar-refractivity contribution in [3.05, 3.63) is 34.9 Å². The van der Waals surface area contributed by atoms with Crippen molar-refractivity contribution in [1.82, 2.24) is 0 Å². The summed E-state index contributed by atoms with van der Waals surface area (Å²) < 4.78 is 4.75. The zero-order valence-electron chi connectivity index (χ0n) is 9.41. The van der Waals surface area contributed by atoms with E-state index in [1.54, 1.807) is 0 Å². The summed E-state index contributed by atoms with van der Waals surface area (Å²) in [6, 6.07) is 6.49. The summed E-state index contributed by atoms with van der Waals surface area (Å²) in [7, 11) is 1.46. The van der Waals surface area contributed by atoms with Gasteiger partial charge in [-0.2, -0.15) is 0 Å². The van der Waals surface area contributed by atoms with Crippen molar-refractivity contribution in [1.29, 1.82) is 0 Å². The van der Waals surface area contributed by atoms with Crippen molar-refractivity contribution < 1.29 is 9.53 Å². The van der Waals surface area contributed by atoms with E-state index in [2.05, 4.69) is 32.0 Å². The zero-order valence-corrected chi connectivity index (χ0v) is 9.41. The Balaban J connectivity index is 2.16. The number of hydrogen-bond acceptors (Lipinski definition) is 2. The van der Waals surface area contributed by atoms with Crippen molar-refractivity contribution in [3.8, 4) is 0 Å². The van der Waals surface area contributed by atoms with Crippen LogP contribution in [0.2, 0.25) is 0 Å². The van der Waals surface area contributed by atoms with Crippen LogP contribution in [0, 0.1) is 19.8 Å². The van der Waals surface area contributed by atoms with E-state index in [9.17, 15) is 4.79 Å². The SMILES string of the molecule is COC(=O)[C@H]1C[C@@H]1c1cc(C)cc(C)c1. The lowest BCUT2D eigenvalue weighted by atomic mass is 10.0. The molecule has 0 heterocycles. The van der Waals surface area contributed by atoms with Gasteiger partial charge in [0.15, 0.2) is 0 Å². The lowest BCUT2D eigenvalue weighted by Crippen LogP contribution is -2.04. The van der Waals surface area contributed by atoms with Crippen molar-refractivity contribution >= 4 is 5.97 Å². The van der Waals surface area contributed by atoms with Crippen LogP contribution in [0.25, 0.3) is 0 Å². The second kappa shape index (κ2) is 3.69. The third-order valence-electron chi connectivity index (χ3n) is 2.97. The number of rotatable bonds is 2. The molecule has 0 aromatic heterocycles. The molecule has 1 aliphatic carbocycles. The molecule has 1 saturated carbocycles. The average Bonchev–Trinajstić information content (AvgIpc) is 2.94. The van der Waals surface area contributed by atoms with Gasteiger partial charge in [0.2, 0.25) is 0 Å². The normalized spacial score (nSPS) is 23.7. The van der Waals surface area contributed by atoms with E-state index < -0.39 is 0 Å². The van der Waals surface area contributed by atoms with Gasteiger partial charge in [-0.3, -0.25) is 4.79 Å². The third kappa shape index (κ3) is 2.04. The molecule has 1 fully saturated rings.